The van der Waals surface area contributed by atoms with E-state index in [0.717, 1.165) is 37.2 Å². The fraction of sp³-hybridized carbons (Fsp3) is 0.500. The van der Waals surface area contributed by atoms with Crippen molar-refractivity contribution in [3.05, 3.63) is 30.2 Å². The van der Waals surface area contributed by atoms with Gasteiger partial charge in [0.15, 0.2) is 0 Å². The van der Waals surface area contributed by atoms with Gasteiger partial charge in [-0.25, -0.2) is 0 Å². The zero-order valence-electron chi connectivity index (χ0n) is 12.7. The van der Waals surface area contributed by atoms with E-state index in [1.54, 1.807) is 7.11 Å². The SMILES string of the molecule is COc1ccccc1-c1nnc(CN2CCC(CO)CC2)o1. The Labute approximate surface area is 129 Å². The molecule has 1 aliphatic heterocycles. The number of aliphatic hydroxyl groups is 1. The Bertz CT molecular complexity index is 606. The molecule has 1 aromatic heterocycles. The fourth-order valence-electron chi connectivity index (χ4n) is 2.77. The topological polar surface area (TPSA) is 71.6 Å². The largest absolute Gasteiger partial charge is 0.496 e. The minimum absolute atomic E-state index is 0.284. The van der Waals surface area contributed by atoms with Crippen LogP contribution in [0.5, 0.6) is 5.75 Å². The van der Waals surface area contributed by atoms with Crippen molar-refractivity contribution in [3.63, 3.8) is 0 Å². The minimum atomic E-state index is 0.284. The molecule has 0 atom stereocenters. The standard InChI is InChI=1S/C16H21N3O3/c1-21-14-5-3-2-4-13(14)16-18-17-15(22-16)10-19-8-6-12(11-20)7-9-19/h2-5,12,20H,6-11H2,1H3. The molecule has 0 bridgehead atoms. The Balaban J connectivity index is 1.67. The van der Waals surface area contributed by atoms with Crippen LogP contribution >= 0.6 is 0 Å². The van der Waals surface area contributed by atoms with E-state index in [-0.39, 0.29) is 6.61 Å². The molecule has 2 heterocycles. The third kappa shape index (κ3) is 3.28. The van der Waals surface area contributed by atoms with Gasteiger partial charge in [0.05, 0.1) is 19.2 Å². The lowest BCUT2D eigenvalue weighted by Gasteiger charge is -2.29. The second-order valence-electron chi connectivity index (χ2n) is 5.60. The lowest BCUT2D eigenvalue weighted by Crippen LogP contribution is -2.34. The van der Waals surface area contributed by atoms with Crippen molar-refractivity contribution in [2.45, 2.75) is 19.4 Å². The Morgan fingerprint density at radius 3 is 2.77 bits per heavy atom. The maximum atomic E-state index is 9.17. The van der Waals surface area contributed by atoms with Gasteiger partial charge in [0.2, 0.25) is 5.89 Å². The number of rotatable bonds is 5. The average molecular weight is 303 g/mol. The summed E-state index contributed by atoms with van der Waals surface area (Å²) >= 11 is 0. The van der Waals surface area contributed by atoms with Gasteiger partial charge >= 0.3 is 0 Å². The summed E-state index contributed by atoms with van der Waals surface area (Å²) in [5.41, 5.74) is 0.808. The molecule has 2 aromatic rings. The molecule has 3 rings (SSSR count). The minimum Gasteiger partial charge on any atom is -0.496 e. The van der Waals surface area contributed by atoms with E-state index < -0.39 is 0 Å². The molecule has 1 N–H and O–H groups in total. The molecule has 118 valence electrons. The number of ether oxygens (including phenoxy) is 1. The van der Waals surface area contributed by atoms with Crippen LogP contribution in [0.25, 0.3) is 11.5 Å². The second kappa shape index (κ2) is 6.89. The average Bonchev–Trinajstić information content (AvgIpc) is 3.04. The number of benzene rings is 1. The van der Waals surface area contributed by atoms with Crippen LogP contribution in [0, 0.1) is 5.92 Å². The van der Waals surface area contributed by atoms with Crippen molar-refractivity contribution in [1.82, 2.24) is 15.1 Å². The summed E-state index contributed by atoms with van der Waals surface area (Å²) in [5.74, 6) is 2.26. The van der Waals surface area contributed by atoms with Crippen molar-refractivity contribution in [1.29, 1.82) is 0 Å². The van der Waals surface area contributed by atoms with Crippen LogP contribution in [0.2, 0.25) is 0 Å². The molecule has 0 radical (unpaired) electrons. The Morgan fingerprint density at radius 1 is 1.27 bits per heavy atom. The molecule has 0 spiro atoms. The molecule has 0 saturated carbocycles. The summed E-state index contributed by atoms with van der Waals surface area (Å²) in [6.07, 6.45) is 2.04. The number of hydrogen-bond acceptors (Lipinski definition) is 6. The van der Waals surface area contributed by atoms with Gasteiger partial charge in [0, 0.05) is 6.61 Å². The third-order valence-electron chi connectivity index (χ3n) is 4.13. The van der Waals surface area contributed by atoms with Gasteiger partial charge in [-0.2, -0.15) is 0 Å². The Morgan fingerprint density at radius 2 is 2.05 bits per heavy atom. The van der Waals surface area contributed by atoms with Crippen LogP contribution < -0.4 is 4.74 Å². The first-order chi connectivity index (χ1) is 10.8. The van der Waals surface area contributed by atoms with Crippen molar-refractivity contribution < 1.29 is 14.3 Å². The summed E-state index contributed by atoms with van der Waals surface area (Å²) in [7, 11) is 1.63. The number of para-hydroxylation sites is 1. The predicted molar refractivity (Wildman–Crippen MR) is 81.4 cm³/mol. The lowest BCUT2D eigenvalue weighted by atomic mass is 9.98. The van der Waals surface area contributed by atoms with Crippen LogP contribution in [0.3, 0.4) is 0 Å². The summed E-state index contributed by atoms with van der Waals surface area (Å²) in [5, 5.41) is 17.4. The van der Waals surface area contributed by atoms with Crippen molar-refractivity contribution in [3.8, 4) is 17.2 Å². The number of likely N-dealkylation sites (tertiary alicyclic amines) is 1. The number of aliphatic hydroxyl groups excluding tert-OH is 1. The van der Waals surface area contributed by atoms with E-state index in [1.807, 2.05) is 24.3 Å². The van der Waals surface area contributed by atoms with Gasteiger partial charge in [0.1, 0.15) is 5.75 Å². The highest BCUT2D eigenvalue weighted by molar-refractivity contribution is 5.62. The van der Waals surface area contributed by atoms with E-state index in [0.29, 0.717) is 24.2 Å². The van der Waals surface area contributed by atoms with E-state index in [2.05, 4.69) is 15.1 Å². The zero-order chi connectivity index (χ0) is 15.4. The molecule has 1 aromatic carbocycles. The first-order valence-corrected chi connectivity index (χ1v) is 7.59. The molecule has 22 heavy (non-hydrogen) atoms. The van der Waals surface area contributed by atoms with E-state index in [4.69, 9.17) is 9.15 Å². The highest BCUT2D eigenvalue weighted by Crippen LogP contribution is 2.28. The molecule has 0 amide bonds. The van der Waals surface area contributed by atoms with Gasteiger partial charge in [-0.3, -0.25) is 4.90 Å². The zero-order valence-corrected chi connectivity index (χ0v) is 12.7. The summed E-state index contributed by atoms with van der Waals surface area (Å²) < 4.78 is 11.1. The van der Waals surface area contributed by atoms with E-state index >= 15 is 0 Å². The molecule has 0 unspecified atom stereocenters. The van der Waals surface area contributed by atoms with Gasteiger partial charge in [-0.05, 0) is 44.0 Å². The van der Waals surface area contributed by atoms with Crippen LogP contribution in [0.4, 0.5) is 0 Å². The summed E-state index contributed by atoms with van der Waals surface area (Å²) in [6, 6.07) is 7.61. The second-order valence-corrected chi connectivity index (χ2v) is 5.60. The van der Waals surface area contributed by atoms with Gasteiger partial charge in [-0.15, -0.1) is 10.2 Å². The first-order valence-electron chi connectivity index (χ1n) is 7.59. The molecule has 6 heteroatoms. The van der Waals surface area contributed by atoms with Crippen LogP contribution in [0.1, 0.15) is 18.7 Å². The maximum absolute atomic E-state index is 9.17. The lowest BCUT2D eigenvalue weighted by molar-refractivity contribution is 0.121. The Kier molecular flexibility index (Phi) is 4.70. The monoisotopic (exact) mass is 303 g/mol. The van der Waals surface area contributed by atoms with E-state index in [9.17, 15) is 5.11 Å². The van der Waals surface area contributed by atoms with Gasteiger partial charge in [0.25, 0.3) is 5.89 Å². The van der Waals surface area contributed by atoms with Crippen molar-refractivity contribution >= 4 is 0 Å². The molecule has 6 nitrogen and oxygen atoms in total. The Hall–Kier alpha value is -1.92. The highest BCUT2D eigenvalue weighted by atomic mass is 16.5. The molecule has 1 fully saturated rings. The number of nitrogens with zero attached hydrogens (tertiary/aromatic N) is 3. The molecular weight excluding hydrogens is 282 g/mol. The van der Waals surface area contributed by atoms with Gasteiger partial charge in [-0.1, -0.05) is 12.1 Å². The van der Waals surface area contributed by atoms with Crippen molar-refractivity contribution in [2.24, 2.45) is 5.92 Å². The van der Waals surface area contributed by atoms with Crippen LogP contribution in [-0.2, 0) is 6.54 Å². The van der Waals surface area contributed by atoms with Crippen molar-refractivity contribution in [2.75, 3.05) is 26.8 Å². The smallest absolute Gasteiger partial charge is 0.251 e. The summed E-state index contributed by atoms with van der Waals surface area (Å²) in [6.45, 7) is 2.85. The fourth-order valence-corrected chi connectivity index (χ4v) is 2.77. The molecule has 1 saturated heterocycles. The quantitative estimate of drug-likeness (QED) is 0.910. The normalized spacial score (nSPS) is 16.8. The summed E-state index contributed by atoms with van der Waals surface area (Å²) in [4.78, 5) is 2.28. The maximum Gasteiger partial charge on any atom is 0.251 e. The number of aromatic nitrogens is 2. The third-order valence-corrected chi connectivity index (χ3v) is 4.13. The van der Waals surface area contributed by atoms with E-state index in [1.165, 1.54) is 0 Å². The highest BCUT2D eigenvalue weighted by Gasteiger charge is 2.21. The molecule has 0 aliphatic carbocycles. The first kappa shape index (κ1) is 15.0. The number of piperidine rings is 1. The predicted octanol–water partition coefficient (Wildman–Crippen LogP) is 1.95. The number of methoxy groups -OCH3 is 1. The van der Waals surface area contributed by atoms with Crippen LogP contribution in [-0.4, -0.2) is 47.0 Å². The van der Waals surface area contributed by atoms with Gasteiger partial charge < -0.3 is 14.3 Å². The molecular formula is C16H21N3O3. The molecule has 1 aliphatic rings. The number of hydrogen-bond donors (Lipinski definition) is 1. The van der Waals surface area contributed by atoms with Crippen LogP contribution in [0.15, 0.2) is 28.7 Å².